The van der Waals surface area contributed by atoms with Crippen molar-refractivity contribution in [3.63, 3.8) is 0 Å². The van der Waals surface area contributed by atoms with Crippen molar-refractivity contribution in [3.8, 4) is 5.75 Å². The first-order valence-electron chi connectivity index (χ1n) is 4.62. The molecule has 0 atom stereocenters. The quantitative estimate of drug-likeness (QED) is 0.852. The number of likely N-dealkylation sites (N-methyl/N-ethyl adjacent to an activating group) is 1. The molecule has 1 aromatic carbocycles. The Balaban J connectivity index is 2.69. The fourth-order valence-corrected chi connectivity index (χ4v) is 1.01. The highest BCUT2D eigenvalue weighted by Crippen LogP contribution is 2.18. The van der Waals surface area contributed by atoms with E-state index in [1.165, 1.54) is 11.9 Å². The van der Waals surface area contributed by atoms with Gasteiger partial charge in [-0.1, -0.05) is 0 Å². The summed E-state index contributed by atoms with van der Waals surface area (Å²) in [6, 6.07) is 2.71. The average Bonchev–Trinajstić information content (AvgIpc) is 2.22. The molecular formula is C10H12F2N2O2. The van der Waals surface area contributed by atoms with E-state index in [2.05, 4.69) is 0 Å². The Labute approximate surface area is 91.6 Å². The van der Waals surface area contributed by atoms with Gasteiger partial charge >= 0.3 is 6.09 Å². The number of hydrogen-bond donors (Lipinski definition) is 1. The fourth-order valence-electron chi connectivity index (χ4n) is 1.01. The lowest BCUT2D eigenvalue weighted by Gasteiger charge is -2.15. The zero-order valence-corrected chi connectivity index (χ0v) is 8.74. The summed E-state index contributed by atoms with van der Waals surface area (Å²) < 4.78 is 30.4. The highest BCUT2D eigenvalue weighted by molar-refractivity contribution is 5.70. The molecule has 1 aromatic rings. The van der Waals surface area contributed by atoms with Gasteiger partial charge < -0.3 is 15.4 Å². The molecule has 1 rings (SSSR count). The molecule has 0 bridgehead atoms. The van der Waals surface area contributed by atoms with Crippen molar-refractivity contribution < 1.29 is 18.3 Å². The Morgan fingerprint density at radius 1 is 1.50 bits per heavy atom. The van der Waals surface area contributed by atoms with Crippen LogP contribution in [0.1, 0.15) is 0 Å². The number of benzene rings is 1. The number of rotatable bonds is 3. The molecule has 6 heteroatoms. The summed E-state index contributed by atoms with van der Waals surface area (Å²) in [5, 5.41) is 0. The van der Waals surface area contributed by atoms with E-state index < -0.39 is 17.7 Å². The minimum absolute atomic E-state index is 0.275. The predicted molar refractivity (Wildman–Crippen MR) is 54.1 cm³/mol. The third kappa shape index (κ3) is 3.16. The van der Waals surface area contributed by atoms with Gasteiger partial charge in [-0.05, 0) is 12.1 Å². The van der Waals surface area contributed by atoms with Crippen LogP contribution in [0, 0.1) is 11.6 Å². The molecule has 88 valence electrons. The zero-order chi connectivity index (χ0) is 12.1. The van der Waals surface area contributed by atoms with Crippen LogP contribution in [-0.4, -0.2) is 31.1 Å². The number of carbonyl (C=O) groups is 1. The standard InChI is InChI=1S/C10H12F2N2O2/c1-14(5-4-13)10(15)16-9-3-2-7(11)6-8(9)12/h2-3,6H,4-5,13H2,1H3. The second-order valence-corrected chi connectivity index (χ2v) is 3.15. The van der Waals surface area contributed by atoms with Gasteiger partial charge in [-0.15, -0.1) is 0 Å². The normalized spacial score (nSPS) is 10.0. The van der Waals surface area contributed by atoms with E-state index >= 15 is 0 Å². The SMILES string of the molecule is CN(CCN)C(=O)Oc1ccc(F)cc1F. The summed E-state index contributed by atoms with van der Waals surface area (Å²) in [6.45, 7) is 0.569. The van der Waals surface area contributed by atoms with E-state index in [4.69, 9.17) is 10.5 Å². The maximum Gasteiger partial charge on any atom is 0.415 e. The number of hydrogen-bond acceptors (Lipinski definition) is 3. The minimum atomic E-state index is -0.922. The lowest BCUT2D eigenvalue weighted by atomic mass is 10.3. The Hall–Kier alpha value is -1.69. The summed E-state index contributed by atoms with van der Waals surface area (Å²) in [6.07, 6.45) is -0.740. The second-order valence-electron chi connectivity index (χ2n) is 3.15. The molecule has 0 fully saturated rings. The Kier molecular flexibility index (Phi) is 4.19. The third-order valence-corrected chi connectivity index (χ3v) is 1.87. The van der Waals surface area contributed by atoms with Crippen molar-refractivity contribution in [1.82, 2.24) is 4.90 Å². The van der Waals surface area contributed by atoms with Crippen LogP contribution in [0.5, 0.6) is 5.75 Å². The summed E-state index contributed by atoms with van der Waals surface area (Å²) in [4.78, 5) is 12.5. The van der Waals surface area contributed by atoms with Crippen molar-refractivity contribution in [2.45, 2.75) is 0 Å². The van der Waals surface area contributed by atoms with Crippen molar-refractivity contribution in [2.24, 2.45) is 5.73 Å². The second kappa shape index (κ2) is 5.41. The number of ether oxygens (including phenoxy) is 1. The zero-order valence-electron chi connectivity index (χ0n) is 8.74. The summed E-state index contributed by atoms with van der Waals surface area (Å²) >= 11 is 0. The maximum atomic E-state index is 13.1. The molecule has 0 aliphatic carbocycles. The van der Waals surface area contributed by atoms with Gasteiger partial charge in [0.2, 0.25) is 0 Å². The first kappa shape index (κ1) is 12.4. The van der Waals surface area contributed by atoms with Crippen LogP contribution in [0.4, 0.5) is 13.6 Å². The van der Waals surface area contributed by atoms with E-state index in [-0.39, 0.29) is 12.3 Å². The highest BCUT2D eigenvalue weighted by atomic mass is 19.1. The van der Waals surface area contributed by atoms with Gasteiger partial charge in [-0.2, -0.15) is 0 Å². The van der Waals surface area contributed by atoms with Crippen LogP contribution >= 0.6 is 0 Å². The van der Waals surface area contributed by atoms with Crippen LogP contribution in [0.2, 0.25) is 0 Å². The van der Waals surface area contributed by atoms with Gasteiger partial charge in [0.1, 0.15) is 5.82 Å². The van der Waals surface area contributed by atoms with Gasteiger partial charge in [0.05, 0.1) is 0 Å². The number of nitrogens with zero attached hydrogens (tertiary/aromatic N) is 1. The Morgan fingerprint density at radius 3 is 2.75 bits per heavy atom. The number of halogens is 2. The summed E-state index contributed by atoms with van der Waals surface area (Å²) in [7, 11) is 1.47. The molecule has 0 spiro atoms. The molecule has 0 aromatic heterocycles. The molecule has 0 unspecified atom stereocenters. The molecule has 16 heavy (non-hydrogen) atoms. The maximum absolute atomic E-state index is 13.1. The van der Waals surface area contributed by atoms with Crippen LogP contribution in [0.15, 0.2) is 18.2 Å². The highest BCUT2D eigenvalue weighted by Gasteiger charge is 2.13. The van der Waals surface area contributed by atoms with E-state index in [0.29, 0.717) is 12.6 Å². The minimum Gasteiger partial charge on any atom is -0.407 e. The lowest BCUT2D eigenvalue weighted by molar-refractivity contribution is 0.162. The average molecular weight is 230 g/mol. The van der Waals surface area contributed by atoms with Crippen molar-refractivity contribution in [2.75, 3.05) is 20.1 Å². The van der Waals surface area contributed by atoms with Crippen LogP contribution in [-0.2, 0) is 0 Å². The molecule has 0 aliphatic rings. The number of carbonyl (C=O) groups excluding carboxylic acids is 1. The summed E-state index contributed by atoms with van der Waals surface area (Å²) in [5.41, 5.74) is 5.24. The van der Waals surface area contributed by atoms with E-state index in [1.54, 1.807) is 0 Å². The van der Waals surface area contributed by atoms with Gasteiger partial charge in [-0.3, -0.25) is 0 Å². The van der Waals surface area contributed by atoms with Gasteiger partial charge in [0, 0.05) is 26.2 Å². The monoisotopic (exact) mass is 230 g/mol. The molecule has 1 amide bonds. The van der Waals surface area contributed by atoms with Gasteiger partial charge in [0.15, 0.2) is 11.6 Å². The van der Waals surface area contributed by atoms with Crippen molar-refractivity contribution >= 4 is 6.09 Å². The molecule has 0 radical (unpaired) electrons. The van der Waals surface area contributed by atoms with E-state index in [1.807, 2.05) is 0 Å². The van der Waals surface area contributed by atoms with Crippen molar-refractivity contribution in [1.29, 1.82) is 0 Å². The smallest absolute Gasteiger partial charge is 0.407 e. The van der Waals surface area contributed by atoms with E-state index in [0.717, 1.165) is 12.1 Å². The van der Waals surface area contributed by atoms with Gasteiger partial charge in [0.25, 0.3) is 0 Å². The molecule has 0 saturated heterocycles. The Morgan fingerprint density at radius 2 is 2.19 bits per heavy atom. The lowest BCUT2D eigenvalue weighted by Crippen LogP contribution is -2.34. The van der Waals surface area contributed by atoms with E-state index in [9.17, 15) is 13.6 Å². The van der Waals surface area contributed by atoms with Crippen LogP contribution in [0.3, 0.4) is 0 Å². The number of nitrogens with two attached hydrogens (primary N) is 1. The molecule has 2 N–H and O–H groups in total. The molecular weight excluding hydrogens is 218 g/mol. The largest absolute Gasteiger partial charge is 0.415 e. The predicted octanol–water partition coefficient (Wildman–Crippen LogP) is 1.35. The molecule has 0 heterocycles. The Bertz CT molecular complexity index is 385. The molecule has 4 nitrogen and oxygen atoms in total. The topological polar surface area (TPSA) is 55.6 Å². The summed E-state index contributed by atoms with van der Waals surface area (Å²) in [5.74, 6) is -1.96. The van der Waals surface area contributed by atoms with Crippen molar-refractivity contribution in [3.05, 3.63) is 29.8 Å². The van der Waals surface area contributed by atoms with Crippen LogP contribution < -0.4 is 10.5 Å². The fraction of sp³-hybridized carbons (Fsp3) is 0.300. The third-order valence-electron chi connectivity index (χ3n) is 1.87. The van der Waals surface area contributed by atoms with Crippen LogP contribution in [0.25, 0.3) is 0 Å². The first-order chi connectivity index (χ1) is 7.54. The molecule has 0 aliphatic heterocycles. The first-order valence-corrected chi connectivity index (χ1v) is 4.62. The van der Waals surface area contributed by atoms with Gasteiger partial charge in [-0.25, -0.2) is 13.6 Å². The number of amides is 1. The molecule has 0 saturated carbocycles.